The van der Waals surface area contributed by atoms with Gasteiger partial charge in [-0.05, 0) is 37.1 Å². The smallest absolute Gasteiger partial charge is 0.418 e. The van der Waals surface area contributed by atoms with Crippen molar-refractivity contribution in [2.45, 2.75) is 39.1 Å². The zero-order valence-corrected chi connectivity index (χ0v) is 20.7. The molecular formula is C23H26N4O8S. The molecule has 0 aliphatic carbocycles. The van der Waals surface area contributed by atoms with Crippen LogP contribution in [0.15, 0.2) is 48.2 Å². The summed E-state index contributed by atoms with van der Waals surface area (Å²) in [6.45, 7) is 3.98. The minimum Gasteiger partial charge on any atom is -0.497 e. The number of benzene rings is 1. The summed E-state index contributed by atoms with van der Waals surface area (Å²) in [6, 6.07) is 6.70. The van der Waals surface area contributed by atoms with Crippen LogP contribution in [0.5, 0.6) is 11.5 Å². The Labute approximate surface area is 208 Å². The van der Waals surface area contributed by atoms with E-state index in [1.54, 1.807) is 32.4 Å². The molecule has 0 saturated carbocycles. The van der Waals surface area contributed by atoms with E-state index in [9.17, 15) is 18.0 Å². The molecule has 2 aliphatic rings. The number of rotatable bonds is 9. The Hall–Kier alpha value is -3.68. The van der Waals surface area contributed by atoms with Gasteiger partial charge in [0.2, 0.25) is 5.91 Å². The Morgan fingerprint density at radius 1 is 1.25 bits per heavy atom. The van der Waals surface area contributed by atoms with Crippen molar-refractivity contribution >= 4 is 22.3 Å². The van der Waals surface area contributed by atoms with Crippen molar-refractivity contribution in [3.63, 3.8) is 0 Å². The highest BCUT2D eigenvalue weighted by Gasteiger charge is 2.49. The minimum atomic E-state index is -4.90. The molecule has 2 aliphatic heterocycles. The average molecular weight is 519 g/mol. The first-order valence-corrected chi connectivity index (χ1v) is 12.4. The van der Waals surface area contributed by atoms with Gasteiger partial charge in [0.15, 0.2) is 0 Å². The van der Waals surface area contributed by atoms with E-state index in [0.29, 0.717) is 28.7 Å². The highest BCUT2D eigenvalue weighted by Crippen LogP contribution is 2.30. The number of hydrogen-bond donors (Lipinski definition) is 2. The summed E-state index contributed by atoms with van der Waals surface area (Å²) in [4.78, 5) is 31.0. The number of ether oxygens (including phenoxy) is 2. The molecule has 1 aromatic heterocycles. The van der Waals surface area contributed by atoms with Crippen LogP contribution in [0.2, 0.25) is 0 Å². The maximum absolute atomic E-state index is 12.9. The van der Waals surface area contributed by atoms with Gasteiger partial charge < -0.3 is 19.7 Å². The van der Waals surface area contributed by atoms with Crippen molar-refractivity contribution in [1.82, 2.24) is 20.3 Å². The monoisotopic (exact) mass is 518 g/mol. The lowest BCUT2D eigenvalue weighted by Crippen LogP contribution is -2.48. The number of hydrogen-bond acceptors (Lipinski definition) is 8. The van der Waals surface area contributed by atoms with Gasteiger partial charge in [-0.3, -0.25) is 14.3 Å². The van der Waals surface area contributed by atoms with Crippen LogP contribution in [-0.4, -0.2) is 65.6 Å². The van der Waals surface area contributed by atoms with Gasteiger partial charge in [-0.2, -0.15) is 13.5 Å². The maximum Gasteiger partial charge on any atom is 0.418 e. The molecule has 2 atom stereocenters. The third kappa shape index (κ3) is 5.58. The summed E-state index contributed by atoms with van der Waals surface area (Å²) in [6.07, 6.45) is 3.20. The molecule has 2 N–H and O–H groups in total. The van der Waals surface area contributed by atoms with E-state index in [1.165, 1.54) is 4.90 Å². The van der Waals surface area contributed by atoms with Gasteiger partial charge in [0, 0.05) is 17.8 Å². The van der Waals surface area contributed by atoms with Crippen LogP contribution in [0.1, 0.15) is 23.7 Å². The van der Waals surface area contributed by atoms with E-state index in [4.69, 9.17) is 14.0 Å². The fourth-order valence-electron chi connectivity index (χ4n) is 3.98. The van der Waals surface area contributed by atoms with Crippen LogP contribution in [0.3, 0.4) is 0 Å². The summed E-state index contributed by atoms with van der Waals surface area (Å²) >= 11 is 0. The zero-order valence-electron chi connectivity index (χ0n) is 19.9. The Morgan fingerprint density at radius 3 is 2.64 bits per heavy atom. The first-order chi connectivity index (χ1) is 17.1. The van der Waals surface area contributed by atoms with Crippen molar-refractivity contribution in [3.05, 3.63) is 65.0 Å². The second-order valence-electron chi connectivity index (χ2n) is 8.43. The van der Waals surface area contributed by atoms with Gasteiger partial charge in [-0.15, -0.1) is 4.28 Å². The maximum atomic E-state index is 12.9. The second-order valence-corrected chi connectivity index (χ2v) is 9.43. The van der Waals surface area contributed by atoms with Crippen LogP contribution < -0.4 is 14.8 Å². The van der Waals surface area contributed by atoms with E-state index in [-0.39, 0.29) is 13.1 Å². The molecule has 36 heavy (non-hydrogen) atoms. The summed E-state index contributed by atoms with van der Waals surface area (Å²) in [5.74, 6) is 0.900. The first kappa shape index (κ1) is 25.4. The number of amides is 3. The van der Waals surface area contributed by atoms with Gasteiger partial charge in [-0.25, -0.2) is 4.79 Å². The van der Waals surface area contributed by atoms with Crippen LogP contribution in [0.4, 0.5) is 4.79 Å². The number of nitrogens with zero attached hydrogens (tertiary/aromatic N) is 3. The highest BCUT2D eigenvalue weighted by atomic mass is 32.3. The fraction of sp³-hybridized carbons (Fsp3) is 0.348. The van der Waals surface area contributed by atoms with Crippen molar-refractivity contribution in [2.24, 2.45) is 0 Å². The highest BCUT2D eigenvalue weighted by molar-refractivity contribution is 7.80. The molecule has 13 heteroatoms. The summed E-state index contributed by atoms with van der Waals surface area (Å²) < 4.78 is 46.7. The minimum absolute atomic E-state index is 0.0426. The zero-order chi connectivity index (χ0) is 26.0. The summed E-state index contributed by atoms with van der Waals surface area (Å²) in [5.41, 5.74) is 2.90. The summed E-state index contributed by atoms with van der Waals surface area (Å²) in [5, 5.41) is 3.31. The van der Waals surface area contributed by atoms with E-state index >= 15 is 0 Å². The lowest BCUT2D eigenvalue weighted by atomic mass is 10.0. The van der Waals surface area contributed by atoms with E-state index in [0.717, 1.165) is 16.9 Å². The van der Waals surface area contributed by atoms with Gasteiger partial charge >= 0.3 is 16.4 Å². The second kappa shape index (κ2) is 10.1. The molecule has 2 bridgehead atoms. The SMILES string of the molecule is COc1ccc(COc2cc(CNC(=O)[C@@H]3C=C(C)[C@@H]4CN3C(=O)N4OS(=O)(=O)O)ncc2C)cc1. The number of aromatic nitrogens is 1. The van der Waals surface area contributed by atoms with Gasteiger partial charge in [0.05, 0.1) is 25.9 Å². The Kier molecular flexibility index (Phi) is 7.15. The number of methoxy groups -OCH3 is 1. The average Bonchev–Trinajstić information content (AvgIpc) is 3.11. The summed E-state index contributed by atoms with van der Waals surface area (Å²) in [7, 11) is -3.29. The standard InChI is InChI=1S/C23H26N4O8S/c1-14-8-19(26-12-20(14)27(23(26)29)35-36(30,31)32)22(28)25-11-17-9-21(15(2)10-24-17)34-13-16-4-6-18(33-3)7-5-16/h4-10,19-20H,11-13H2,1-3H3,(H,25,28)(H,30,31,32)/t19-,20-/m0/s1. The van der Waals surface area contributed by atoms with Gasteiger partial charge in [-0.1, -0.05) is 18.2 Å². The number of nitrogens with one attached hydrogen (secondary N) is 1. The van der Waals surface area contributed by atoms with Crippen LogP contribution in [0.25, 0.3) is 0 Å². The molecule has 0 spiro atoms. The number of pyridine rings is 1. The molecule has 3 heterocycles. The molecule has 0 unspecified atom stereocenters. The lowest BCUT2D eigenvalue weighted by molar-refractivity contribution is -0.124. The number of hydroxylamine groups is 2. The van der Waals surface area contributed by atoms with E-state index in [1.807, 2.05) is 31.2 Å². The fourth-order valence-corrected chi connectivity index (χ4v) is 4.35. The number of carbonyl (C=O) groups excluding carboxylic acids is 2. The molecule has 4 rings (SSSR count). The molecule has 1 fully saturated rings. The Morgan fingerprint density at radius 2 is 1.97 bits per heavy atom. The molecule has 0 radical (unpaired) electrons. The third-order valence-corrected chi connectivity index (χ3v) is 6.27. The molecule has 1 saturated heterocycles. The van der Waals surface area contributed by atoms with Crippen LogP contribution >= 0.6 is 0 Å². The quantitative estimate of drug-likeness (QED) is 0.374. The molecule has 1 aromatic carbocycles. The topological polar surface area (TPSA) is 148 Å². The lowest BCUT2D eigenvalue weighted by Gasteiger charge is -2.27. The normalized spacial score (nSPS) is 19.2. The molecule has 2 aromatic rings. The third-order valence-electron chi connectivity index (χ3n) is 5.92. The predicted octanol–water partition coefficient (Wildman–Crippen LogP) is 1.76. The molecule has 192 valence electrons. The van der Waals surface area contributed by atoms with Crippen molar-refractivity contribution in [1.29, 1.82) is 0 Å². The number of aryl methyl sites for hydroxylation is 1. The van der Waals surface area contributed by atoms with Crippen molar-refractivity contribution < 1.29 is 36.3 Å². The molecular weight excluding hydrogens is 492 g/mol. The van der Waals surface area contributed by atoms with Crippen LogP contribution in [-0.2, 0) is 32.6 Å². The van der Waals surface area contributed by atoms with Crippen molar-refractivity contribution in [2.75, 3.05) is 13.7 Å². The van der Waals surface area contributed by atoms with E-state index in [2.05, 4.69) is 14.6 Å². The number of urea groups is 1. The van der Waals surface area contributed by atoms with Crippen LogP contribution in [0, 0.1) is 6.92 Å². The van der Waals surface area contributed by atoms with E-state index < -0.39 is 34.4 Å². The molecule has 3 amide bonds. The predicted molar refractivity (Wildman–Crippen MR) is 126 cm³/mol. The number of fused-ring (bicyclic) bond motifs is 2. The first-order valence-electron chi connectivity index (χ1n) is 11.0. The largest absolute Gasteiger partial charge is 0.497 e. The molecule has 12 nitrogen and oxygen atoms in total. The van der Waals surface area contributed by atoms with Crippen molar-refractivity contribution in [3.8, 4) is 11.5 Å². The van der Waals surface area contributed by atoms with Gasteiger partial charge in [0.25, 0.3) is 0 Å². The Balaban J connectivity index is 1.38. The van der Waals surface area contributed by atoms with Gasteiger partial charge in [0.1, 0.15) is 30.2 Å². The Bertz CT molecular complexity index is 1300. The number of carbonyl (C=O) groups is 2.